The fraction of sp³-hybridized carbons (Fsp3) is 0.550. The minimum absolute atomic E-state index is 0.0683. The molecule has 2 aliphatic rings. The van der Waals surface area contributed by atoms with Crippen molar-refractivity contribution in [3.63, 3.8) is 0 Å². The van der Waals surface area contributed by atoms with Crippen molar-refractivity contribution in [1.29, 1.82) is 0 Å². The van der Waals surface area contributed by atoms with Crippen LogP contribution in [0, 0.1) is 0 Å². The third kappa shape index (κ3) is 5.31. The van der Waals surface area contributed by atoms with Crippen LogP contribution in [0.15, 0.2) is 24.8 Å². The van der Waals surface area contributed by atoms with Crippen molar-refractivity contribution in [3.05, 3.63) is 24.8 Å². The number of hydrogen-bond acceptors (Lipinski definition) is 11. The predicted molar refractivity (Wildman–Crippen MR) is 117 cm³/mol. The van der Waals surface area contributed by atoms with Gasteiger partial charge in [-0.3, -0.25) is 14.3 Å². The molecule has 4 N–H and O–H groups in total. The maximum absolute atomic E-state index is 12.4. The van der Waals surface area contributed by atoms with E-state index in [0.717, 1.165) is 13.1 Å². The number of aliphatic hydroxyl groups is 2. The van der Waals surface area contributed by atoms with E-state index in [-0.39, 0.29) is 18.3 Å². The van der Waals surface area contributed by atoms with Crippen molar-refractivity contribution >= 4 is 29.0 Å². The number of nitrogens with zero attached hydrogens (tertiary/aromatic N) is 5. The number of amides is 2. The van der Waals surface area contributed by atoms with Crippen LogP contribution in [0.5, 0.6) is 0 Å². The number of fused-ring (bicyclic) bond motifs is 1. The third-order valence-electron chi connectivity index (χ3n) is 5.58. The zero-order valence-electron chi connectivity index (χ0n) is 18.5. The Balaban J connectivity index is 1.43. The summed E-state index contributed by atoms with van der Waals surface area (Å²) in [6.45, 7) is 3.57. The smallest absolute Gasteiger partial charge is 0.406 e. The largest absolute Gasteiger partial charge is 0.453 e. The molecule has 14 heteroatoms. The van der Waals surface area contributed by atoms with Crippen LogP contribution in [0.4, 0.5) is 10.6 Å². The lowest BCUT2D eigenvalue weighted by molar-refractivity contribution is -0.111. The van der Waals surface area contributed by atoms with Gasteiger partial charge in [-0.25, -0.2) is 19.7 Å². The summed E-state index contributed by atoms with van der Waals surface area (Å²) in [7, 11) is 1.21. The minimum Gasteiger partial charge on any atom is -0.453 e. The Labute approximate surface area is 194 Å². The number of imidazole rings is 1. The standard InChI is InChI=1S/C20H27N7O7/c1-32-20(31)21-9-12-15(29)16(30)19(34-12)27-11-24-14-17(22-10-23-18(14)27)25-13(28)3-2-4-26-5-7-33-8-6-26/h2-3,10-12,15-16,19,29-30H,4-9H2,1H3,(H,21,31)(H,22,23,25,28)/b3-2+/t12-,15-,16-,19-/m1/s1. The van der Waals surface area contributed by atoms with Gasteiger partial charge in [0.15, 0.2) is 23.2 Å². The Morgan fingerprint density at radius 1 is 1.24 bits per heavy atom. The number of carbonyl (C=O) groups is 2. The quantitative estimate of drug-likeness (QED) is 0.346. The zero-order chi connectivity index (χ0) is 24.1. The van der Waals surface area contributed by atoms with Crippen LogP contribution in [0.25, 0.3) is 11.2 Å². The molecule has 0 aliphatic carbocycles. The number of methoxy groups -OCH3 is 1. The highest BCUT2D eigenvalue weighted by molar-refractivity contribution is 6.02. The predicted octanol–water partition coefficient (Wildman–Crippen LogP) is -1.37. The lowest BCUT2D eigenvalue weighted by atomic mass is 10.1. The number of aromatic nitrogens is 4. The first-order valence-corrected chi connectivity index (χ1v) is 10.8. The molecule has 0 spiro atoms. The van der Waals surface area contributed by atoms with E-state index in [1.54, 1.807) is 6.08 Å². The molecule has 2 aliphatic heterocycles. The van der Waals surface area contributed by atoms with Gasteiger partial charge in [0.25, 0.3) is 0 Å². The number of aliphatic hydroxyl groups excluding tert-OH is 2. The molecule has 0 radical (unpaired) electrons. The van der Waals surface area contributed by atoms with E-state index >= 15 is 0 Å². The third-order valence-corrected chi connectivity index (χ3v) is 5.58. The van der Waals surface area contributed by atoms with Gasteiger partial charge < -0.3 is 35.1 Å². The molecule has 2 fully saturated rings. The molecule has 184 valence electrons. The van der Waals surface area contributed by atoms with Gasteiger partial charge >= 0.3 is 6.09 Å². The molecule has 34 heavy (non-hydrogen) atoms. The zero-order valence-corrected chi connectivity index (χ0v) is 18.5. The molecule has 2 aromatic heterocycles. The van der Waals surface area contributed by atoms with Gasteiger partial charge in [-0.1, -0.05) is 6.08 Å². The highest BCUT2D eigenvalue weighted by Gasteiger charge is 2.44. The molecule has 0 unspecified atom stereocenters. The van der Waals surface area contributed by atoms with E-state index in [2.05, 4.69) is 35.2 Å². The Bertz CT molecular complexity index is 1040. The van der Waals surface area contributed by atoms with Gasteiger partial charge in [-0.15, -0.1) is 0 Å². The van der Waals surface area contributed by atoms with E-state index in [1.807, 2.05) is 0 Å². The van der Waals surface area contributed by atoms with Crippen LogP contribution in [0.2, 0.25) is 0 Å². The number of hydrogen-bond donors (Lipinski definition) is 4. The normalized spacial score (nSPS) is 25.6. The lowest BCUT2D eigenvalue weighted by Crippen LogP contribution is -2.39. The number of rotatable bonds is 7. The number of nitrogens with one attached hydrogen (secondary N) is 2. The molecule has 2 aromatic rings. The summed E-state index contributed by atoms with van der Waals surface area (Å²) in [5.41, 5.74) is 0.583. The summed E-state index contributed by atoms with van der Waals surface area (Å²) < 4.78 is 17.0. The Kier molecular flexibility index (Phi) is 7.64. The second kappa shape index (κ2) is 10.8. The highest BCUT2D eigenvalue weighted by atomic mass is 16.6. The fourth-order valence-electron chi connectivity index (χ4n) is 3.76. The molecule has 0 bridgehead atoms. The molecule has 0 aromatic carbocycles. The molecule has 14 nitrogen and oxygen atoms in total. The summed E-state index contributed by atoms with van der Waals surface area (Å²) in [5.74, 6) is -0.175. The first-order chi connectivity index (χ1) is 16.5. The van der Waals surface area contributed by atoms with Gasteiger partial charge in [0.1, 0.15) is 24.6 Å². The van der Waals surface area contributed by atoms with Crippen molar-refractivity contribution in [2.24, 2.45) is 0 Å². The van der Waals surface area contributed by atoms with E-state index in [0.29, 0.717) is 30.9 Å². The molecular weight excluding hydrogens is 450 g/mol. The van der Waals surface area contributed by atoms with Crippen molar-refractivity contribution < 1.29 is 34.0 Å². The van der Waals surface area contributed by atoms with E-state index in [9.17, 15) is 19.8 Å². The van der Waals surface area contributed by atoms with Crippen LogP contribution in [0.1, 0.15) is 6.23 Å². The fourth-order valence-corrected chi connectivity index (χ4v) is 3.76. The summed E-state index contributed by atoms with van der Waals surface area (Å²) in [6, 6.07) is 0. The van der Waals surface area contributed by atoms with E-state index in [4.69, 9.17) is 9.47 Å². The van der Waals surface area contributed by atoms with Gasteiger partial charge in [0.2, 0.25) is 5.91 Å². The molecular formula is C20H27N7O7. The van der Waals surface area contributed by atoms with Crippen LogP contribution in [0.3, 0.4) is 0 Å². The van der Waals surface area contributed by atoms with Crippen LogP contribution in [-0.2, 0) is 19.0 Å². The van der Waals surface area contributed by atoms with Gasteiger partial charge in [0.05, 0.1) is 26.7 Å². The molecule has 4 rings (SSSR count). The molecule has 2 amide bonds. The van der Waals surface area contributed by atoms with Gasteiger partial charge in [0, 0.05) is 32.3 Å². The lowest BCUT2D eigenvalue weighted by Gasteiger charge is -2.24. The first-order valence-electron chi connectivity index (χ1n) is 10.8. The first kappa shape index (κ1) is 24.0. The maximum atomic E-state index is 12.4. The molecule has 2 saturated heterocycles. The maximum Gasteiger partial charge on any atom is 0.406 e. The van der Waals surface area contributed by atoms with E-state index < -0.39 is 30.6 Å². The summed E-state index contributed by atoms with van der Waals surface area (Å²) in [4.78, 5) is 38.4. The van der Waals surface area contributed by atoms with E-state index in [1.165, 1.54) is 30.4 Å². The Morgan fingerprint density at radius 2 is 2.03 bits per heavy atom. The molecule has 4 heterocycles. The summed E-state index contributed by atoms with van der Waals surface area (Å²) >= 11 is 0. The minimum atomic E-state index is -1.31. The number of alkyl carbamates (subject to hydrolysis) is 1. The van der Waals surface area contributed by atoms with Crippen LogP contribution >= 0.6 is 0 Å². The summed E-state index contributed by atoms with van der Waals surface area (Å²) in [5, 5.41) is 25.9. The monoisotopic (exact) mass is 477 g/mol. The van der Waals surface area contributed by atoms with Crippen LogP contribution in [-0.4, -0.2) is 111 Å². The number of ether oxygens (including phenoxy) is 3. The van der Waals surface area contributed by atoms with Gasteiger partial charge in [-0.05, 0) is 0 Å². The average molecular weight is 477 g/mol. The van der Waals surface area contributed by atoms with Crippen molar-refractivity contribution in [2.45, 2.75) is 24.5 Å². The number of carbonyl (C=O) groups excluding carboxylic acids is 2. The number of morpholine rings is 1. The highest BCUT2D eigenvalue weighted by Crippen LogP contribution is 2.32. The number of anilines is 1. The summed E-state index contributed by atoms with van der Waals surface area (Å²) in [6.07, 6.45) is 0.667. The van der Waals surface area contributed by atoms with Gasteiger partial charge in [-0.2, -0.15) is 0 Å². The SMILES string of the molecule is COC(=O)NC[C@H]1O[C@@H](n2cnc3c(NC(=O)/C=C/CN4CCOCC4)ncnc32)[C@H](O)[C@@H]1O. The Morgan fingerprint density at radius 3 is 2.79 bits per heavy atom. The van der Waals surface area contributed by atoms with Crippen molar-refractivity contribution in [2.75, 3.05) is 51.8 Å². The molecule has 4 atom stereocenters. The van der Waals surface area contributed by atoms with Crippen molar-refractivity contribution in [1.82, 2.24) is 29.7 Å². The second-order valence-electron chi connectivity index (χ2n) is 7.77. The second-order valence-corrected chi connectivity index (χ2v) is 7.77. The topological polar surface area (TPSA) is 173 Å². The average Bonchev–Trinajstić information content (AvgIpc) is 3.40. The molecule has 0 saturated carbocycles. The van der Waals surface area contributed by atoms with Crippen molar-refractivity contribution in [3.8, 4) is 0 Å². The van der Waals surface area contributed by atoms with Crippen LogP contribution < -0.4 is 10.6 Å². The Hall–Kier alpha value is -3.17.